The molecule has 0 spiro atoms. The highest BCUT2D eigenvalue weighted by molar-refractivity contribution is 5.74. The van der Waals surface area contributed by atoms with Gasteiger partial charge in [-0.1, -0.05) is 18.2 Å². The first kappa shape index (κ1) is 16.7. The van der Waals surface area contributed by atoms with Gasteiger partial charge in [-0.3, -0.25) is 0 Å². The second-order valence-corrected chi connectivity index (χ2v) is 5.67. The van der Waals surface area contributed by atoms with Gasteiger partial charge in [0, 0.05) is 19.6 Å². The molecule has 0 unspecified atom stereocenters. The van der Waals surface area contributed by atoms with E-state index in [4.69, 9.17) is 14.7 Å². The largest absolute Gasteiger partial charge is 0.454 e. The number of carbonyl (C=O) groups excluding carboxylic acids is 1. The molecule has 128 valence electrons. The van der Waals surface area contributed by atoms with E-state index in [-0.39, 0.29) is 12.8 Å². The Hall–Kier alpha value is -3.20. The summed E-state index contributed by atoms with van der Waals surface area (Å²) in [6.45, 7) is 3.61. The molecule has 0 aromatic heterocycles. The summed E-state index contributed by atoms with van der Waals surface area (Å²) in [5.74, 6) is 1.44. The highest BCUT2D eigenvalue weighted by atomic mass is 16.7. The van der Waals surface area contributed by atoms with E-state index in [9.17, 15) is 4.79 Å². The number of benzene rings is 2. The Labute approximate surface area is 146 Å². The molecule has 1 N–H and O–H groups in total. The van der Waals surface area contributed by atoms with E-state index in [0.29, 0.717) is 30.9 Å². The van der Waals surface area contributed by atoms with Crippen LogP contribution in [0, 0.1) is 11.3 Å². The van der Waals surface area contributed by atoms with Gasteiger partial charge >= 0.3 is 6.03 Å². The summed E-state index contributed by atoms with van der Waals surface area (Å²) in [6, 6.07) is 14.8. The van der Waals surface area contributed by atoms with Gasteiger partial charge in [-0.25, -0.2) is 4.79 Å². The van der Waals surface area contributed by atoms with Crippen molar-refractivity contribution in [2.45, 2.75) is 20.0 Å². The highest BCUT2D eigenvalue weighted by Crippen LogP contribution is 2.32. The average molecular weight is 337 g/mol. The predicted molar refractivity (Wildman–Crippen MR) is 92.0 cm³/mol. The number of nitrogens with one attached hydrogen (secondary N) is 1. The topological polar surface area (TPSA) is 74.6 Å². The molecule has 6 nitrogen and oxygen atoms in total. The van der Waals surface area contributed by atoms with Gasteiger partial charge in [-0.2, -0.15) is 5.26 Å². The van der Waals surface area contributed by atoms with E-state index in [1.54, 1.807) is 17.0 Å². The van der Waals surface area contributed by atoms with Crippen LogP contribution in [0.3, 0.4) is 0 Å². The molecule has 0 fully saturated rings. The quantitative estimate of drug-likeness (QED) is 0.910. The van der Waals surface area contributed by atoms with Crippen molar-refractivity contribution in [2.24, 2.45) is 0 Å². The van der Waals surface area contributed by atoms with Gasteiger partial charge in [0.15, 0.2) is 11.5 Å². The number of fused-ring (bicyclic) bond motifs is 1. The zero-order valence-corrected chi connectivity index (χ0v) is 14.0. The molecule has 1 heterocycles. The minimum Gasteiger partial charge on any atom is -0.454 e. The molecule has 25 heavy (non-hydrogen) atoms. The monoisotopic (exact) mass is 337 g/mol. The van der Waals surface area contributed by atoms with E-state index in [1.165, 1.54) is 0 Å². The lowest BCUT2D eigenvalue weighted by atomic mass is 10.1. The molecule has 1 aliphatic rings. The highest BCUT2D eigenvalue weighted by Gasteiger charge is 2.16. The number of amides is 2. The summed E-state index contributed by atoms with van der Waals surface area (Å²) in [5.41, 5.74) is 2.46. The van der Waals surface area contributed by atoms with E-state index in [2.05, 4.69) is 11.4 Å². The van der Waals surface area contributed by atoms with Crippen molar-refractivity contribution in [2.75, 3.05) is 13.3 Å². The Morgan fingerprint density at radius 2 is 2.04 bits per heavy atom. The zero-order valence-electron chi connectivity index (χ0n) is 14.0. The standard InChI is InChI=1S/C19H19N3O3/c1-2-22(12-16-6-7-17-18(9-16)25-13-24-17)19(23)21-11-15-5-3-4-14(8-15)10-20/h3-9H,2,11-13H2,1H3,(H,21,23). The average Bonchev–Trinajstić information content (AvgIpc) is 3.12. The van der Waals surface area contributed by atoms with E-state index < -0.39 is 0 Å². The van der Waals surface area contributed by atoms with Gasteiger partial charge in [0.2, 0.25) is 6.79 Å². The molecule has 2 aromatic carbocycles. The lowest BCUT2D eigenvalue weighted by molar-refractivity contribution is 0.173. The summed E-state index contributed by atoms with van der Waals surface area (Å²) in [5, 5.41) is 11.8. The normalized spacial score (nSPS) is 11.7. The summed E-state index contributed by atoms with van der Waals surface area (Å²) in [7, 11) is 0. The predicted octanol–water partition coefficient (Wildman–Crippen LogP) is 3.02. The number of ether oxygens (including phenoxy) is 2. The maximum absolute atomic E-state index is 12.4. The van der Waals surface area contributed by atoms with Crippen molar-refractivity contribution >= 4 is 6.03 Å². The Balaban J connectivity index is 1.60. The Bertz CT molecular complexity index is 814. The van der Waals surface area contributed by atoms with Crippen LogP contribution in [0.4, 0.5) is 4.79 Å². The molecule has 3 rings (SSSR count). The van der Waals surface area contributed by atoms with E-state index in [1.807, 2.05) is 37.3 Å². The SMILES string of the molecule is CCN(Cc1ccc2c(c1)OCO2)C(=O)NCc1cccc(C#N)c1. The summed E-state index contributed by atoms with van der Waals surface area (Å²) in [6.07, 6.45) is 0. The van der Waals surface area contributed by atoms with E-state index >= 15 is 0 Å². The van der Waals surface area contributed by atoms with Gasteiger partial charge in [0.1, 0.15) is 0 Å². The first-order chi connectivity index (χ1) is 12.2. The van der Waals surface area contributed by atoms with Crippen molar-refractivity contribution in [3.8, 4) is 17.6 Å². The number of hydrogen-bond acceptors (Lipinski definition) is 4. The molecule has 0 aliphatic carbocycles. The second-order valence-electron chi connectivity index (χ2n) is 5.67. The molecule has 0 saturated heterocycles. The van der Waals surface area contributed by atoms with Crippen molar-refractivity contribution in [3.05, 3.63) is 59.2 Å². The van der Waals surface area contributed by atoms with Crippen LogP contribution < -0.4 is 14.8 Å². The third-order valence-electron chi connectivity index (χ3n) is 3.98. The molecular formula is C19H19N3O3. The number of nitrogens with zero attached hydrogens (tertiary/aromatic N) is 2. The zero-order chi connectivity index (χ0) is 17.6. The Morgan fingerprint density at radius 1 is 1.20 bits per heavy atom. The van der Waals surface area contributed by atoms with Crippen LogP contribution >= 0.6 is 0 Å². The third kappa shape index (κ3) is 4.01. The number of hydrogen-bond donors (Lipinski definition) is 1. The fourth-order valence-electron chi connectivity index (χ4n) is 2.63. The van der Waals surface area contributed by atoms with Crippen LogP contribution in [0.25, 0.3) is 0 Å². The summed E-state index contributed by atoms with van der Waals surface area (Å²) < 4.78 is 10.7. The minimum absolute atomic E-state index is 0.150. The van der Waals surface area contributed by atoms with Gasteiger partial charge in [-0.05, 0) is 42.3 Å². The molecular weight excluding hydrogens is 318 g/mol. The maximum atomic E-state index is 12.4. The smallest absolute Gasteiger partial charge is 0.317 e. The molecule has 0 radical (unpaired) electrons. The van der Waals surface area contributed by atoms with Crippen LogP contribution in [-0.4, -0.2) is 24.3 Å². The van der Waals surface area contributed by atoms with Crippen LogP contribution in [0.1, 0.15) is 23.6 Å². The molecule has 2 aromatic rings. The lowest BCUT2D eigenvalue weighted by Crippen LogP contribution is -2.39. The van der Waals surface area contributed by atoms with Gasteiger partial charge < -0.3 is 19.7 Å². The Kier molecular flexibility index (Phi) is 5.05. The molecule has 6 heteroatoms. The fourth-order valence-corrected chi connectivity index (χ4v) is 2.63. The van der Waals surface area contributed by atoms with Gasteiger partial charge in [0.25, 0.3) is 0 Å². The number of carbonyl (C=O) groups is 1. The molecule has 1 aliphatic heterocycles. The number of urea groups is 1. The number of nitriles is 1. The molecule has 0 atom stereocenters. The fraction of sp³-hybridized carbons (Fsp3) is 0.263. The third-order valence-corrected chi connectivity index (χ3v) is 3.98. The Morgan fingerprint density at radius 3 is 2.84 bits per heavy atom. The lowest BCUT2D eigenvalue weighted by Gasteiger charge is -2.21. The van der Waals surface area contributed by atoms with Crippen molar-refractivity contribution in [1.82, 2.24) is 10.2 Å². The minimum atomic E-state index is -0.150. The van der Waals surface area contributed by atoms with Gasteiger partial charge in [0.05, 0.1) is 11.6 Å². The van der Waals surface area contributed by atoms with Crippen LogP contribution in [0.2, 0.25) is 0 Å². The van der Waals surface area contributed by atoms with Crippen molar-refractivity contribution < 1.29 is 14.3 Å². The second kappa shape index (κ2) is 7.58. The summed E-state index contributed by atoms with van der Waals surface area (Å²) >= 11 is 0. The van der Waals surface area contributed by atoms with E-state index in [0.717, 1.165) is 16.9 Å². The maximum Gasteiger partial charge on any atom is 0.317 e. The first-order valence-electron chi connectivity index (χ1n) is 8.10. The molecule has 0 saturated carbocycles. The van der Waals surface area contributed by atoms with Crippen molar-refractivity contribution in [3.63, 3.8) is 0 Å². The van der Waals surface area contributed by atoms with Crippen LogP contribution in [-0.2, 0) is 13.1 Å². The molecule has 0 bridgehead atoms. The van der Waals surface area contributed by atoms with Crippen molar-refractivity contribution in [1.29, 1.82) is 5.26 Å². The van der Waals surface area contributed by atoms with Crippen LogP contribution in [0.5, 0.6) is 11.5 Å². The molecule has 2 amide bonds. The van der Waals surface area contributed by atoms with Crippen LogP contribution in [0.15, 0.2) is 42.5 Å². The summed E-state index contributed by atoms with van der Waals surface area (Å²) in [4.78, 5) is 14.1. The number of rotatable bonds is 5. The van der Waals surface area contributed by atoms with Gasteiger partial charge in [-0.15, -0.1) is 0 Å². The first-order valence-corrected chi connectivity index (χ1v) is 8.10.